The summed E-state index contributed by atoms with van der Waals surface area (Å²) in [5, 5.41) is 2.39. The van der Waals surface area contributed by atoms with Crippen molar-refractivity contribution in [2.24, 2.45) is 0 Å². The number of halogens is 4. The number of ether oxygens (including phenoxy) is 1. The maximum atomic E-state index is 14.5. The fourth-order valence-electron chi connectivity index (χ4n) is 3.92. The molecule has 13 heteroatoms. The van der Waals surface area contributed by atoms with Gasteiger partial charge in [-0.05, 0) is 36.8 Å². The number of carbonyl (C=O) groups is 1. The monoisotopic (exact) mass is 494 g/mol. The average Bonchev–Trinajstić information content (AvgIpc) is 2.79. The SMILES string of the molecule is CNC(=O)c1ccc(N2CCN(Cc3cc(OC(F)(F)F)c4nc(C)c(=O)[nH]c4c3)CC2)c(F)n1. The summed E-state index contributed by atoms with van der Waals surface area (Å²) >= 11 is 0. The van der Waals surface area contributed by atoms with Gasteiger partial charge in [0.1, 0.15) is 16.9 Å². The highest BCUT2D eigenvalue weighted by Crippen LogP contribution is 2.30. The molecule has 1 amide bonds. The number of benzene rings is 1. The third kappa shape index (κ3) is 5.50. The molecule has 0 aliphatic carbocycles. The van der Waals surface area contributed by atoms with Crippen LogP contribution >= 0.6 is 0 Å². The van der Waals surface area contributed by atoms with Crippen LogP contribution in [0.4, 0.5) is 23.2 Å². The molecule has 1 aromatic carbocycles. The lowest BCUT2D eigenvalue weighted by Crippen LogP contribution is -2.46. The molecule has 186 valence electrons. The van der Waals surface area contributed by atoms with E-state index in [0.717, 1.165) is 0 Å². The Morgan fingerprint density at radius 3 is 2.51 bits per heavy atom. The Morgan fingerprint density at radius 1 is 1.17 bits per heavy atom. The highest BCUT2D eigenvalue weighted by molar-refractivity contribution is 5.92. The number of aryl methyl sites for hydroxylation is 1. The van der Waals surface area contributed by atoms with E-state index in [0.29, 0.717) is 31.7 Å². The number of aromatic nitrogens is 3. The summed E-state index contributed by atoms with van der Waals surface area (Å²) in [5.41, 5.74) is 0.315. The van der Waals surface area contributed by atoms with Gasteiger partial charge in [-0.25, -0.2) is 9.97 Å². The van der Waals surface area contributed by atoms with E-state index in [9.17, 15) is 27.2 Å². The van der Waals surface area contributed by atoms with Crippen molar-refractivity contribution in [1.82, 2.24) is 25.2 Å². The van der Waals surface area contributed by atoms with Gasteiger partial charge in [0.15, 0.2) is 5.75 Å². The molecule has 35 heavy (non-hydrogen) atoms. The predicted octanol–water partition coefficient (Wildman–Crippen LogP) is 2.35. The third-order valence-corrected chi connectivity index (χ3v) is 5.62. The fraction of sp³-hybridized carbons (Fsp3) is 0.364. The molecule has 1 fully saturated rings. The van der Waals surface area contributed by atoms with Crippen molar-refractivity contribution in [3.8, 4) is 5.75 Å². The number of aromatic amines is 1. The molecule has 0 unspecified atom stereocenters. The number of fused-ring (bicyclic) bond motifs is 1. The molecule has 0 atom stereocenters. The number of nitrogens with one attached hydrogen (secondary N) is 2. The molecule has 2 N–H and O–H groups in total. The second kappa shape index (κ2) is 9.49. The summed E-state index contributed by atoms with van der Waals surface area (Å²) in [5.74, 6) is -1.74. The summed E-state index contributed by atoms with van der Waals surface area (Å²) in [7, 11) is 1.43. The van der Waals surface area contributed by atoms with E-state index in [2.05, 4.69) is 25.0 Å². The van der Waals surface area contributed by atoms with Crippen LogP contribution in [0.25, 0.3) is 11.0 Å². The Bertz CT molecular complexity index is 1320. The number of piperazine rings is 1. The van der Waals surface area contributed by atoms with Crippen LogP contribution in [0.2, 0.25) is 0 Å². The number of H-pyrrole nitrogens is 1. The minimum Gasteiger partial charge on any atom is -0.403 e. The highest BCUT2D eigenvalue weighted by Gasteiger charge is 2.32. The Hall–Kier alpha value is -3.74. The van der Waals surface area contributed by atoms with Crippen molar-refractivity contribution in [3.63, 3.8) is 0 Å². The zero-order valence-corrected chi connectivity index (χ0v) is 18.9. The van der Waals surface area contributed by atoms with Crippen molar-refractivity contribution < 1.29 is 27.1 Å². The first-order valence-electron chi connectivity index (χ1n) is 10.7. The van der Waals surface area contributed by atoms with Crippen molar-refractivity contribution in [2.45, 2.75) is 19.8 Å². The van der Waals surface area contributed by atoms with Gasteiger partial charge in [0.2, 0.25) is 5.95 Å². The zero-order valence-electron chi connectivity index (χ0n) is 18.9. The molecule has 1 saturated heterocycles. The molecular formula is C22H22F4N6O3. The van der Waals surface area contributed by atoms with Crippen molar-refractivity contribution in [1.29, 1.82) is 0 Å². The standard InChI is InChI=1S/C22H22F4N6O3/c1-12-20(33)30-15-9-13(10-17(18(15)28-12)35-22(24,25)26)11-31-5-7-32(8-6-31)16-4-3-14(21(34)27-2)29-19(16)23/h3-4,9-10H,5-8,11H2,1-2H3,(H,27,34)(H,30,33). The van der Waals surface area contributed by atoms with Gasteiger partial charge in [-0.15, -0.1) is 13.2 Å². The zero-order chi connectivity index (χ0) is 25.3. The number of hydrogen-bond acceptors (Lipinski definition) is 7. The van der Waals surface area contributed by atoms with Gasteiger partial charge in [-0.1, -0.05) is 0 Å². The van der Waals surface area contributed by atoms with Crippen molar-refractivity contribution in [3.05, 3.63) is 57.5 Å². The number of amides is 1. The van der Waals surface area contributed by atoms with Crippen LogP contribution in [0.5, 0.6) is 5.75 Å². The van der Waals surface area contributed by atoms with Crippen molar-refractivity contribution in [2.75, 3.05) is 38.1 Å². The van der Waals surface area contributed by atoms with Gasteiger partial charge in [-0.3, -0.25) is 14.5 Å². The summed E-state index contributed by atoms with van der Waals surface area (Å²) < 4.78 is 57.6. The molecule has 3 aromatic rings. The van der Waals surface area contributed by atoms with Crippen LogP contribution in [0.3, 0.4) is 0 Å². The van der Waals surface area contributed by atoms with Crippen LogP contribution in [-0.4, -0.2) is 65.3 Å². The second-order valence-corrected chi connectivity index (χ2v) is 8.04. The number of alkyl halides is 3. The maximum absolute atomic E-state index is 14.5. The lowest BCUT2D eigenvalue weighted by atomic mass is 10.1. The van der Waals surface area contributed by atoms with E-state index in [1.807, 2.05) is 4.90 Å². The van der Waals surface area contributed by atoms with E-state index < -0.39 is 29.5 Å². The molecule has 1 aliphatic rings. The first-order valence-corrected chi connectivity index (χ1v) is 10.7. The number of nitrogens with zero attached hydrogens (tertiary/aromatic N) is 4. The summed E-state index contributed by atoms with van der Waals surface area (Å²) in [6.45, 7) is 3.54. The van der Waals surface area contributed by atoms with Crippen LogP contribution < -0.4 is 20.5 Å². The Balaban J connectivity index is 1.50. The van der Waals surface area contributed by atoms with E-state index >= 15 is 0 Å². The molecule has 4 rings (SSSR count). The first kappa shape index (κ1) is 24.4. The van der Waals surface area contributed by atoms with Crippen LogP contribution in [0, 0.1) is 12.9 Å². The van der Waals surface area contributed by atoms with Gasteiger partial charge >= 0.3 is 6.36 Å². The van der Waals surface area contributed by atoms with Gasteiger partial charge in [0.05, 0.1) is 11.2 Å². The molecule has 0 radical (unpaired) electrons. The predicted molar refractivity (Wildman–Crippen MR) is 119 cm³/mol. The van der Waals surface area contributed by atoms with Gasteiger partial charge in [-0.2, -0.15) is 4.39 Å². The maximum Gasteiger partial charge on any atom is 0.573 e. The molecule has 1 aliphatic heterocycles. The van der Waals surface area contributed by atoms with Gasteiger partial charge in [0, 0.05) is 39.8 Å². The summed E-state index contributed by atoms with van der Waals surface area (Å²) in [4.78, 5) is 37.6. The van der Waals surface area contributed by atoms with E-state index in [4.69, 9.17) is 0 Å². The molecule has 0 spiro atoms. The van der Waals surface area contributed by atoms with E-state index in [-0.39, 0.29) is 34.7 Å². The van der Waals surface area contributed by atoms with Crippen molar-refractivity contribution >= 4 is 22.6 Å². The highest BCUT2D eigenvalue weighted by atomic mass is 19.4. The number of rotatable bonds is 5. The molecule has 3 heterocycles. The lowest BCUT2D eigenvalue weighted by molar-refractivity contribution is -0.274. The van der Waals surface area contributed by atoms with Gasteiger partial charge in [0.25, 0.3) is 11.5 Å². The number of anilines is 1. The average molecular weight is 494 g/mol. The Labute approximate surface area is 196 Å². The smallest absolute Gasteiger partial charge is 0.403 e. The molecular weight excluding hydrogens is 472 g/mol. The summed E-state index contributed by atoms with van der Waals surface area (Å²) in [6.07, 6.45) is -4.92. The number of hydrogen-bond donors (Lipinski definition) is 2. The third-order valence-electron chi connectivity index (χ3n) is 5.62. The van der Waals surface area contributed by atoms with Gasteiger partial charge < -0.3 is 19.9 Å². The number of pyridine rings is 1. The minimum atomic E-state index is -4.92. The molecule has 0 saturated carbocycles. The quantitative estimate of drug-likeness (QED) is 0.415. The van der Waals surface area contributed by atoms with Crippen LogP contribution in [0.15, 0.2) is 29.1 Å². The molecule has 0 bridgehead atoms. The van der Waals surface area contributed by atoms with E-state index in [1.165, 1.54) is 32.2 Å². The number of carbonyl (C=O) groups excluding carboxylic acids is 1. The summed E-state index contributed by atoms with van der Waals surface area (Å²) in [6, 6.07) is 5.77. The fourth-order valence-corrected chi connectivity index (χ4v) is 3.92. The Morgan fingerprint density at radius 2 is 1.89 bits per heavy atom. The second-order valence-electron chi connectivity index (χ2n) is 8.04. The van der Waals surface area contributed by atoms with Crippen LogP contribution in [0.1, 0.15) is 21.7 Å². The Kier molecular flexibility index (Phi) is 6.61. The lowest BCUT2D eigenvalue weighted by Gasteiger charge is -2.36. The molecule has 9 nitrogen and oxygen atoms in total. The largest absolute Gasteiger partial charge is 0.573 e. The van der Waals surface area contributed by atoms with E-state index in [1.54, 1.807) is 11.0 Å². The molecule has 2 aromatic heterocycles. The minimum absolute atomic E-state index is 0.0247. The first-order chi connectivity index (χ1) is 16.5. The van der Waals surface area contributed by atoms with Crippen LogP contribution in [-0.2, 0) is 6.54 Å². The topological polar surface area (TPSA) is 103 Å². The normalized spacial score (nSPS) is 14.9.